The van der Waals surface area contributed by atoms with Crippen LogP contribution in [0.25, 0.3) is 0 Å². The van der Waals surface area contributed by atoms with Gasteiger partial charge in [-0.15, -0.1) is 0 Å². The maximum atomic E-state index is 11.5. The first-order chi connectivity index (χ1) is 8.53. The molecule has 100 valence electrons. The fraction of sp³-hybridized carbons (Fsp3) is 0.533. The van der Waals surface area contributed by atoms with Gasteiger partial charge in [0.1, 0.15) is 6.61 Å². The van der Waals surface area contributed by atoms with E-state index in [1.807, 2.05) is 30.3 Å². The maximum Gasteiger partial charge on any atom is 0.407 e. The van der Waals surface area contributed by atoms with E-state index in [1.54, 1.807) is 0 Å². The largest absolute Gasteiger partial charge is 0.445 e. The molecule has 0 radical (unpaired) electrons. The van der Waals surface area contributed by atoms with Gasteiger partial charge in [-0.3, -0.25) is 0 Å². The molecular weight excluding hydrogens is 226 g/mol. The molecule has 1 aromatic carbocycles. The van der Waals surface area contributed by atoms with Gasteiger partial charge in [-0.2, -0.15) is 0 Å². The molecule has 0 spiro atoms. The van der Waals surface area contributed by atoms with Crippen LogP contribution in [-0.4, -0.2) is 12.6 Å². The molecule has 0 saturated carbocycles. The zero-order chi connectivity index (χ0) is 13.4. The number of carbonyl (C=O) groups is 1. The van der Waals surface area contributed by atoms with Crippen molar-refractivity contribution in [2.75, 3.05) is 6.54 Å². The molecule has 0 heterocycles. The van der Waals surface area contributed by atoms with E-state index < -0.39 is 0 Å². The Balaban J connectivity index is 2.19. The molecule has 0 aliphatic heterocycles. The molecule has 1 N–H and O–H groups in total. The van der Waals surface area contributed by atoms with Crippen molar-refractivity contribution < 1.29 is 9.53 Å². The van der Waals surface area contributed by atoms with Crippen LogP contribution in [-0.2, 0) is 11.3 Å². The number of carbonyl (C=O) groups excluding carboxylic acids is 1. The molecule has 0 atom stereocenters. The summed E-state index contributed by atoms with van der Waals surface area (Å²) in [6.45, 7) is 7.54. The summed E-state index contributed by atoms with van der Waals surface area (Å²) in [5, 5.41) is 2.78. The van der Waals surface area contributed by atoms with Crippen LogP contribution in [0.15, 0.2) is 30.3 Å². The topological polar surface area (TPSA) is 38.3 Å². The Bertz CT molecular complexity index is 360. The van der Waals surface area contributed by atoms with Gasteiger partial charge in [0.15, 0.2) is 0 Å². The summed E-state index contributed by atoms with van der Waals surface area (Å²) in [6.07, 6.45) is 1.73. The predicted octanol–water partition coefficient (Wildman–Crippen LogP) is 3.74. The highest BCUT2D eigenvalue weighted by atomic mass is 16.5. The van der Waals surface area contributed by atoms with Crippen molar-refractivity contribution in [3.05, 3.63) is 35.9 Å². The lowest BCUT2D eigenvalue weighted by Gasteiger charge is -2.22. The highest BCUT2D eigenvalue weighted by Gasteiger charge is 2.14. The Hall–Kier alpha value is -1.51. The van der Waals surface area contributed by atoms with Gasteiger partial charge in [-0.25, -0.2) is 4.79 Å². The molecule has 0 aliphatic carbocycles. The van der Waals surface area contributed by atoms with Crippen LogP contribution in [0.5, 0.6) is 0 Å². The maximum absolute atomic E-state index is 11.5. The minimum atomic E-state index is -0.342. The first kappa shape index (κ1) is 14.6. The molecule has 0 aliphatic rings. The zero-order valence-corrected chi connectivity index (χ0v) is 11.5. The van der Waals surface area contributed by atoms with E-state index >= 15 is 0 Å². The van der Waals surface area contributed by atoms with Crippen molar-refractivity contribution in [2.24, 2.45) is 5.41 Å². The molecule has 1 amide bonds. The van der Waals surface area contributed by atoms with Gasteiger partial charge in [-0.1, -0.05) is 57.5 Å². The molecule has 1 aromatic rings. The summed E-state index contributed by atoms with van der Waals surface area (Å²) >= 11 is 0. The average Bonchev–Trinajstić information content (AvgIpc) is 2.37. The van der Waals surface area contributed by atoms with Gasteiger partial charge < -0.3 is 10.1 Å². The van der Waals surface area contributed by atoms with Crippen molar-refractivity contribution in [3.8, 4) is 0 Å². The third-order valence-corrected chi connectivity index (χ3v) is 3.24. The quantitative estimate of drug-likeness (QED) is 0.834. The normalized spacial score (nSPS) is 11.1. The molecule has 0 unspecified atom stereocenters. The van der Waals surface area contributed by atoms with Gasteiger partial charge >= 0.3 is 6.09 Å². The van der Waals surface area contributed by atoms with Crippen molar-refractivity contribution in [2.45, 2.75) is 40.2 Å². The number of amides is 1. The SMILES string of the molecule is CCC(C)(C)CCNC(=O)OCc1ccccc1. The second kappa shape index (κ2) is 7.04. The predicted molar refractivity (Wildman–Crippen MR) is 73.3 cm³/mol. The fourth-order valence-corrected chi connectivity index (χ4v) is 1.45. The zero-order valence-electron chi connectivity index (χ0n) is 11.5. The van der Waals surface area contributed by atoms with E-state index in [4.69, 9.17) is 4.74 Å². The van der Waals surface area contributed by atoms with Crippen molar-refractivity contribution in [3.63, 3.8) is 0 Å². The third-order valence-electron chi connectivity index (χ3n) is 3.24. The number of benzene rings is 1. The number of nitrogens with one attached hydrogen (secondary N) is 1. The van der Waals surface area contributed by atoms with Crippen LogP contribution >= 0.6 is 0 Å². The van der Waals surface area contributed by atoms with E-state index in [1.165, 1.54) is 0 Å². The van der Waals surface area contributed by atoms with Crippen LogP contribution in [0.4, 0.5) is 4.79 Å². The minimum Gasteiger partial charge on any atom is -0.445 e. The first-order valence-corrected chi connectivity index (χ1v) is 6.48. The van der Waals surface area contributed by atoms with Crippen LogP contribution < -0.4 is 5.32 Å². The lowest BCUT2D eigenvalue weighted by atomic mass is 9.87. The second-order valence-electron chi connectivity index (χ2n) is 5.26. The number of alkyl carbamates (subject to hydrolysis) is 1. The molecule has 3 heteroatoms. The Labute approximate surface area is 110 Å². The number of ether oxygens (including phenoxy) is 1. The monoisotopic (exact) mass is 249 g/mol. The Kier molecular flexibility index (Phi) is 5.69. The van der Waals surface area contributed by atoms with E-state index in [9.17, 15) is 4.79 Å². The summed E-state index contributed by atoms with van der Waals surface area (Å²) < 4.78 is 5.13. The van der Waals surface area contributed by atoms with Crippen LogP contribution in [0, 0.1) is 5.41 Å². The number of hydrogen-bond acceptors (Lipinski definition) is 2. The molecule has 0 fully saturated rings. The molecule has 0 saturated heterocycles. The smallest absolute Gasteiger partial charge is 0.407 e. The highest BCUT2D eigenvalue weighted by Crippen LogP contribution is 2.23. The van der Waals surface area contributed by atoms with Crippen molar-refractivity contribution >= 4 is 6.09 Å². The third kappa shape index (κ3) is 5.71. The van der Waals surface area contributed by atoms with E-state index in [-0.39, 0.29) is 11.5 Å². The minimum absolute atomic E-state index is 0.271. The van der Waals surface area contributed by atoms with Gasteiger partial charge in [0.25, 0.3) is 0 Å². The Morgan fingerprint density at radius 1 is 1.28 bits per heavy atom. The molecule has 3 nitrogen and oxygen atoms in total. The second-order valence-corrected chi connectivity index (χ2v) is 5.26. The summed E-state index contributed by atoms with van der Waals surface area (Å²) in [6, 6.07) is 9.68. The number of hydrogen-bond donors (Lipinski definition) is 1. The average molecular weight is 249 g/mol. The van der Waals surface area contributed by atoms with Gasteiger partial charge in [0, 0.05) is 6.54 Å². The van der Waals surface area contributed by atoms with E-state index in [2.05, 4.69) is 26.1 Å². The Morgan fingerprint density at radius 3 is 2.56 bits per heavy atom. The lowest BCUT2D eigenvalue weighted by molar-refractivity contribution is 0.138. The van der Waals surface area contributed by atoms with E-state index in [0.717, 1.165) is 18.4 Å². The van der Waals surface area contributed by atoms with Crippen LogP contribution in [0.1, 0.15) is 39.2 Å². The van der Waals surface area contributed by atoms with Crippen molar-refractivity contribution in [1.82, 2.24) is 5.32 Å². The van der Waals surface area contributed by atoms with Gasteiger partial charge in [0.2, 0.25) is 0 Å². The molecule has 0 aromatic heterocycles. The van der Waals surface area contributed by atoms with Crippen LogP contribution in [0.3, 0.4) is 0 Å². The summed E-state index contributed by atoms with van der Waals surface area (Å²) in [4.78, 5) is 11.5. The van der Waals surface area contributed by atoms with Gasteiger partial charge in [-0.05, 0) is 17.4 Å². The van der Waals surface area contributed by atoms with Gasteiger partial charge in [0.05, 0.1) is 0 Å². The molecule has 1 rings (SSSR count). The lowest BCUT2D eigenvalue weighted by Crippen LogP contribution is -2.28. The Morgan fingerprint density at radius 2 is 1.94 bits per heavy atom. The molecule has 0 bridgehead atoms. The number of rotatable bonds is 6. The van der Waals surface area contributed by atoms with Crippen molar-refractivity contribution in [1.29, 1.82) is 0 Å². The van der Waals surface area contributed by atoms with Crippen LogP contribution in [0.2, 0.25) is 0 Å². The van der Waals surface area contributed by atoms with E-state index in [0.29, 0.717) is 13.2 Å². The first-order valence-electron chi connectivity index (χ1n) is 6.48. The summed E-state index contributed by atoms with van der Waals surface area (Å²) in [7, 11) is 0. The summed E-state index contributed by atoms with van der Waals surface area (Å²) in [5.41, 5.74) is 1.27. The fourth-order valence-electron chi connectivity index (χ4n) is 1.45. The molecule has 18 heavy (non-hydrogen) atoms. The highest BCUT2D eigenvalue weighted by molar-refractivity contribution is 5.67. The molecular formula is C15H23NO2. The summed E-state index contributed by atoms with van der Waals surface area (Å²) in [5.74, 6) is 0. The standard InChI is InChI=1S/C15H23NO2/c1-4-15(2,3)10-11-16-14(17)18-12-13-8-6-5-7-9-13/h5-9H,4,10-12H2,1-3H3,(H,16,17).